The molecular weight excluding hydrogens is 310 g/mol. The van der Waals surface area contributed by atoms with Gasteiger partial charge in [0, 0.05) is 11.3 Å². The summed E-state index contributed by atoms with van der Waals surface area (Å²) < 4.78 is 1.46. The van der Waals surface area contributed by atoms with Gasteiger partial charge in [-0.05, 0) is 36.6 Å². The number of halogens is 1. The lowest BCUT2D eigenvalue weighted by molar-refractivity contribution is 0.733. The normalized spacial score (nSPS) is 21.6. The van der Waals surface area contributed by atoms with Gasteiger partial charge >= 0.3 is 0 Å². The first-order chi connectivity index (χ1) is 10.2. The van der Waals surface area contributed by atoms with Gasteiger partial charge in [-0.25, -0.2) is 4.98 Å². The van der Waals surface area contributed by atoms with Crippen molar-refractivity contribution in [1.29, 1.82) is 0 Å². The van der Waals surface area contributed by atoms with Crippen LogP contribution in [-0.2, 0) is 0 Å². The van der Waals surface area contributed by atoms with Gasteiger partial charge in [0.2, 0.25) is 11.2 Å². The van der Waals surface area contributed by atoms with Crippen LogP contribution in [0, 0.1) is 0 Å². The monoisotopic (exact) mass is 325 g/mol. The number of nitrogens with one attached hydrogen (secondary N) is 1. The van der Waals surface area contributed by atoms with E-state index in [1.165, 1.54) is 23.8 Å². The first-order valence-corrected chi connectivity index (χ1v) is 8.32. The molecule has 1 fully saturated rings. The number of thioether (sulfide) groups is 1. The number of hydrogen-bond donors (Lipinski definition) is 1. The topological polar surface area (TPSA) is 81.4 Å². The van der Waals surface area contributed by atoms with Crippen molar-refractivity contribution in [2.45, 2.75) is 37.5 Å². The van der Waals surface area contributed by atoms with Gasteiger partial charge in [0.1, 0.15) is 12.7 Å². The van der Waals surface area contributed by atoms with Gasteiger partial charge < -0.3 is 5.32 Å². The van der Waals surface area contributed by atoms with Gasteiger partial charge in [0.25, 0.3) is 5.95 Å². The summed E-state index contributed by atoms with van der Waals surface area (Å²) in [5.74, 6) is 2.02. The maximum atomic E-state index is 5.96. The van der Waals surface area contributed by atoms with E-state index >= 15 is 0 Å². The van der Waals surface area contributed by atoms with Gasteiger partial charge in [-0.2, -0.15) is 36.5 Å². The first-order valence-electron chi connectivity index (χ1n) is 6.89. The van der Waals surface area contributed by atoms with Gasteiger partial charge in [0.15, 0.2) is 0 Å². The third kappa shape index (κ3) is 3.62. The van der Waals surface area contributed by atoms with Crippen molar-refractivity contribution in [2.24, 2.45) is 0 Å². The van der Waals surface area contributed by atoms with Crippen LogP contribution in [0.25, 0.3) is 5.95 Å². The van der Waals surface area contributed by atoms with Gasteiger partial charge in [-0.15, -0.1) is 0 Å². The Bertz CT molecular complexity index is 591. The largest absolute Gasteiger partial charge is 0.351 e. The molecule has 0 amide bonds. The fraction of sp³-hybridized carbons (Fsp3) is 0.583. The Labute approximate surface area is 131 Å². The van der Waals surface area contributed by atoms with E-state index in [9.17, 15) is 0 Å². The average Bonchev–Trinajstić information content (AvgIpc) is 3.10. The van der Waals surface area contributed by atoms with Crippen LogP contribution in [0.4, 0.5) is 5.95 Å². The van der Waals surface area contributed by atoms with Crippen molar-refractivity contribution in [3.63, 3.8) is 0 Å². The predicted molar refractivity (Wildman–Crippen MR) is 82.9 cm³/mol. The molecule has 0 aliphatic heterocycles. The predicted octanol–water partition coefficient (Wildman–Crippen LogP) is 2.19. The number of nitrogens with zero attached hydrogens (tertiary/aromatic N) is 6. The third-order valence-electron chi connectivity index (χ3n) is 3.34. The molecule has 112 valence electrons. The van der Waals surface area contributed by atoms with E-state index in [1.807, 2.05) is 11.8 Å². The van der Waals surface area contributed by atoms with Crippen LogP contribution in [0.3, 0.4) is 0 Å². The SMILES string of the molecule is CCSC1CCC(Nc2nc(Cl)nc(-n3cncn3)n2)C1. The molecule has 21 heavy (non-hydrogen) atoms. The second-order valence-electron chi connectivity index (χ2n) is 4.80. The fourth-order valence-corrected chi connectivity index (χ4v) is 3.76. The molecule has 3 rings (SSSR count). The molecule has 0 saturated heterocycles. The fourth-order valence-electron chi connectivity index (χ4n) is 2.46. The molecular formula is C12H16ClN7S. The number of rotatable bonds is 5. The molecule has 2 atom stereocenters. The Hall–Kier alpha value is -1.41. The smallest absolute Gasteiger partial charge is 0.258 e. The minimum Gasteiger partial charge on any atom is -0.351 e. The zero-order valence-corrected chi connectivity index (χ0v) is 13.2. The molecule has 1 saturated carbocycles. The zero-order valence-electron chi connectivity index (χ0n) is 11.6. The van der Waals surface area contributed by atoms with E-state index < -0.39 is 0 Å². The standard InChI is InChI=1S/C12H16ClN7S/c1-2-21-9-4-3-8(5-9)16-11-17-10(13)18-12(19-11)20-7-14-6-15-20/h6-9H,2-5H2,1H3,(H,16,17,18,19). The van der Waals surface area contributed by atoms with Crippen molar-refractivity contribution in [2.75, 3.05) is 11.1 Å². The van der Waals surface area contributed by atoms with Crippen molar-refractivity contribution in [3.8, 4) is 5.95 Å². The van der Waals surface area contributed by atoms with E-state index in [2.05, 4.69) is 37.3 Å². The van der Waals surface area contributed by atoms with E-state index in [0.717, 1.165) is 23.8 Å². The molecule has 0 bridgehead atoms. The first kappa shape index (κ1) is 14.5. The second-order valence-corrected chi connectivity index (χ2v) is 6.72. The van der Waals surface area contributed by atoms with Crippen LogP contribution >= 0.6 is 23.4 Å². The van der Waals surface area contributed by atoms with Crippen LogP contribution in [0.15, 0.2) is 12.7 Å². The second kappa shape index (κ2) is 6.57. The molecule has 1 N–H and O–H groups in total. The highest BCUT2D eigenvalue weighted by molar-refractivity contribution is 7.99. The highest BCUT2D eigenvalue weighted by Gasteiger charge is 2.25. The molecule has 0 radical (unpaired) electrons. The Morgan fingerprint density at radius 3 is 3.05 bits per heavy atom. The highest BCUT2D eigenvalue weighted by atomic mass is 35.5. The van der Waals surface area contributed by atoms with Crippen molar-refractivity contribution < 1.29 is 0 Å². The number of anilines is 1. The van der Waals surface area contributed by atoms with Crippen LogP contribution in [0.1, 0.15) is 26.2 Å². The van der Waals surface area contributed by atoms with Gasteiger partial charge in [-0.1, -0.05) is 6.92 Å². The quantitative estimate of drug-likeness (QED) is 0.902. The summed E-state index contributed by atoms with van der Waals surface area (Å²) in [6.07, 6.45) is 6.43. The minimum absolute atomic E-state index is 0.149. The summed E-state index contributed by atoms with van der Waals surface area (Å²) >= 11 is 7.98. The third-order valence-corrected chi connectivity index (χ3v) is 4.74. The summed E-state index contributed by atoms with van der Waals surface area (Å²) in [5.41, 5.74) is 0. The molecule has 2 heterocycles. The molecule has 1 aliphatic rings. The number of aromatic nitrogens is 6. The molecule has 0 aromatic carbocycles. The van der Waals surface area contributed by atoms with E-state index in [0.29, 0.717) is 17.9 Å². The van der Waals surface area contributed by atoms with Crippen LogP contribution in [0.5, 0.6) is 0 Å². The lowest BCUT2D eigenvalue weighted by Crippen LogP contribution is -2.19. The summed E-state index contributed by atoms with van der Waals surface area (Å²) in [4.78, 5) is 16.4. The lowest BCUT2D eigenvalue weighted by atomic mass is 10.2. The lowest BCUT2D eigenvalue weighted by Gasteiger charge is -2.13. The highest BCUT2D eigenvalue weighted by Crippen LogP contribution is 2.31. The summed E-state index contributed by atoms with van der Waals surface area (Å²) in [5, 5.41) is 8.22. The molecule has 7 nitrogen and oxygen atoms in total. The molecule has 2 aromatic heterocycles. The molecule has 9 heteroatoms. The van der Waals surface area contributed by atoms with Gasteiger partial charge in [-0.3, -0.25) is 0 Å². The molecule has 2 unspecified atom stereocenters. The maximum Gasteiger partial charge on any atom is 0.258 e. The summed E-state index contributed by atoms with van der Waals surface area (Å²) in [6.45, 7) is 2.20. The van der Waals surface area contributed by atoms with Crippen LogP contribution in [0.2, 0.25) is 5.28 Å². The zero-order chi connectivity index (χ0) is 14.7. The van der Waals surface area contributed by atoms with Crippen molar-refractivity contribution >= 4 is 29.3 Å². The molecule has 2 aromatic rings. The summed E-state index contributed by atoms with van der Waals surface area (Å²) in [7, 11) is 0. The maximum absolute atomic E-state index is 5.96. The Morgan fingerprint density at radius 1 is 1.38 bits per heavy atom. The van der Waals surface area contributed by atoms with Gasteiger partial charge in [0.05, 0.1) is 0 Å². The Morgan fingerprint density at radius 2 is 2.29 bits per heavy atom. The number of hydrogen-bond acceptors (Lipinski definition) is 7. The van der Waals surface area contributed by atoms with Crippen molar-refractivity contribution in [3.05, 3.63) is 17.9 Å². The van der Waals surface area contributed by atoms with E-state index in [4.69, 9.17) is 11.6 Å². The average molecular weight is 326 g/mol. The van der Waals surface area contributed by atoms with E-state index in [-0.39, 0.29) is 5.28 Å². The van der Waals surface area contributed by atoms with Crippen LogP contribution in [-0.4, -0.2) is 46.8 Å². The molecule has 0 spiro atoms. The summed E-state index contributed by atoms with van der Waals surface area (Å²) in [6, 6.07) is 0.385. The molecule has 1 aliphatic carbocycles. The van der Waals surface area contributed by atoms with Crippen molar-refractivity contribution in [1.82, 2.24) is 29.7 Å². The van der Waals surface area contributed by atoms with E-state index in [1.54, 1.807) is 0 Å². The Balaban J connectivity index is 1.71. The van der Waals surface area contributed by atoms with Crippen LogP contribution < -0.4 is 5.32 Å². The minimum atomic E-state index is 0.149. The Kier molecular flexibility index (Phi) is 4.54.